The summed E-state index contributed by atoms with van der Waals surface area (Å²) in [5.41, 5.74) is 5.94. The number of carboxylic acids is 1. The monoisotopic (exact) mass is 270 g/mol. The summed E-state index contributed by atoms with van der Waals surface area (Å²) in [6.45, 7) is 1.75. The largest absolute Gasteiger partial charge is 0.480 e. The first-order chi connectivity index (χ1) is 8.38. The fourth-order valence-electron chi connectivity index (χ4n) is 1.79. The first kappa shape index (κ1) is 14.3. The van der Waals surface area contributed by atoms with Crippen LogP contribution in [0.25, 0.3) is 0 Å². The lowest BCUT2D eigenvalue weighted by atomic mass is 10.1. The van der Waals surface area contributed by atoms with Crippen LogP contribution in [-0.2, 0) is 4.79 Å². The number of carbonyl (C=O) groups excluding carboxylic acids is 1. The molecule has 0 saturated heterocycles. The zero-order valence-corrected chi connectivity index (χ0v) is 10.9. The van der Waals surface area contributed by atoms with Crippen molar-refractivity contribution in [1.29, 1.82) is 0 Å². The number of benzene rings is 1. The molecule has 0 aliphatic carbocycles. The van der Waals surface area contributed by atoms with Crippen molar-refractivity contribution in [3.8, 4) is 0 Å². The summed E-state index contributed by atoms with van der Waals surface area (Å²) in [6.07, 6.45) is 0.399. The number of nitrogens with two attached hydrogens (primary N) is 1. The Morgan fingerprint density at radius 3 is 2.56 bits per heavy atom. The summed E-state index contributed by atoms with van der Waals surface area (Å²) in [6, 6.07) is 3.83. The van der Waals surface area contributed by atoms with E-state index in [1.165, 1.54) is 17.0 Å². The molecule has 0 aromatic heterocycles. The highest BCUT2D eigenvalue weighted by atomic mass is 35.5. The molecule has 0 spiro atoms. The predicted octanol–water partition coefficient (Wildman–Crippen LogP) is 1.74. The lowest BCUT2D eigenvalue weighted by Gasteiger charge is -2.27. The standard InChI is InChI=1S/C12H15ClN2O3/c1-3-9(12(17)18)15(2)10-6-7(13)4-5-8(10)11(14)16/h4-6,9H,3H2,1-2H3,(H2,14,16)(H,17,18). The van der Waals surface area contributed by atoms with Gasteiger partial charge < -0.3 is 15.7 Å². The Morgan fingerprint density at radius 1 is 1.50 bits per heavy atom. The van der Waals surface area contributed by atoms with Crippen LogP contribution < -0.4 is 10.6 Å². The highest BCUT2D eigenvalue weighted by Crippen LogP contribution is 2.26. The molecule has 0 radical (unpaired) electrons. The van der Waals surface area contributed by atoms with Gasteiger partial charge in [0.1, 0.15) is 6.04 Å². The predicted molar refractivity (Wildman–Crippen MR) is 70.1 cm³/mol. The first-order valence-electron chi connectivity index (χ1n) is 5.43. The van der Waals surface area contributed by atoms with Crippen molar-refractivity contribution in [2.24, 2.45) is 5.73 Å². The number of likely N-dealkylation sites (N-methyl/N-ethyl adjacent to an activating group) is 1. The maximum Gasteiger partial charge on any atom is 0.326 e. The minimum atomic E-state index is -0.963. The second kappa shape index (κ2) is 5.73. The van der Waals surface area contributed by atoms with Crippen LogP contribution >= 0.6 is 11.6 Å². The van der Waals surface area contributed by atoms with E-state index in [1.807, 2.05) is 0 Å². The summed E-state index contributed by atoms with van der Waals surface area (Å²) >= 11 is 5.87. The average molecular weight is 271 g/mol. The number of hydrogen-bond acceptors (Lipinski definition) is 3. The van der Waals surface area contributed by atoms with E-state index >= 15 is 0 Å². The summed E-state index contributed by atoms with van der Waals surface area (Å²) < 4.78 is 0. The van der Waals surface area contributed by atoms with Gasteiger partial charge in [0.05, 0.1) is 11.3 Å². The van der Waals surface area contributed by atoms with Gasteiger partial charge in [-0.3, -0.25) is 4.79 Å². The van der Waals surface area contributed by atoms with E-state index in [0.29, 0.717) is 17.1 Å². The smallest absolute Gasteiger partial charge is 0.326 e. The highest BCUT2D eigenvalue weighted by molar-refractivity contribution is 6.31. The molecule has 0 aliphatic rings. The van der Waals surface area contributed by atoms with Crippen LogP contribution in [-0.4, -0.2) is 30.1 Å². The van der Waals surface area contributed by atoms with Gasteiger partial charge in [-0.25, -0.2) is 4.79 Å². The number of hydrogen-bond donors (Lipinski definition) is 2. The molecule has 6 heteroatoms. The van der Waals surface area contributed by atoms with E-state index in [-0.39, 0.29) is 5.56 Å². The second-order valence-electron chi connectivity index (χ2n) is 3.90. The van der Waals surface area contributed by atoms with Crippen molar-refractivity contribution in [1.82, 2.24) is 0 Å². The van der Waals surface area contributed by atoms with Gasteiger partial charge in [0.2, 0.25) is 0 Å². The lowest BCUT2D eigenvalue weighted by molar-refractivity contribution is -0.138. The third kappa shape index (κ3) is 2.92. The quantitative estimate of drug-likeness (QED) is 0.854. The van der Waals surface area contributed by atoms with E-state index in [2.05, 4.69) is 0 Å². The first-order valence-corrected chi connectivity index (χ1v) is 5.81. The van der Waals surface area contributed by atoms with Crippen molar-refractivity contribution in [2.75, 3.05) is 11.9 Å². The summed E-state index contributed by atoms with van der Waals surface area (Å²) in [7, 11) is 1.60. The molecule has 98 valence electrons. The SMILES string of the molecule is CCC(C(=O)O)N(C)c1cc(Cl)ccc1C(N)=O. The highest BCUT2D eigenvalue weighted by Gasteiger charge is 2.24. The molecule has 3 N–H and O–H groups in total. The second-order valence-corrected chi connectivity index (χ2v) is 4.34. The number of carboxylic acid groups (broad SMARTS) is 1. The van der Waals surface area contributed by atoms with E-state index in [4.69, 9.17) is 22.4 Å². The molecular weight excluding hydrogens is 256 g/mol. The minimum Gasteiger partial charge on any atom is -0.480 e. The molecule has 0 aliphatic heterocycles. The lowest BCUT2D eigenvalue weighted by Crippen LogP contribution is -2.39. The Morgan fingerprint density at radius 2 is 2.11 bits per heavy atom. The van der Waals surface area contributed by atoms with Gasteiger partial charge in [-0.15, -0.1) is 0 Å². The molecule has 1 rings (SSSR count). The Bertz CT molecular complexity index is 476. The van der Waals surface area contributed by atoms with Crippen molar-refractivity contribution in [3.05, 3.63) is 28.8 Å². The van der Waals surface area contributed by atoms with Gasteiger partial charge in [0.25, 0.3) is 5.91 Å². The van der Waals surface area contributed by atoms with Crippen molar-refractivity contribution >= 4 is 29.2 Å². The zero-order chi connectivity index (χ0) is 13.9. The van der Waals surface area contributed by atoms with E-state index < -0.39 is 17.9 Å². The number of halogens is 1. The van der Waals surface area contributed by atoms with Gasteiger partial charge >= 0.3 is 5.97 Å². The number of anilines is 1. The van der Waals surface area contributed by atoms with E-state index in [1.54, 1.807) is 20.0 Å². The maximum atomic E-state index is 11.3. The molecule has 0 fully saturated rings. The van der Waals surface area contributed by atoms with Crippen LogP contribution in [0.4, 0.5) is 5.69 Å². The summed E-state index contributed by atoms with van der Waals surface area (Å²) in [5, 5.41) is 9.53. The molecule has 0 saturated carbocycles. The van der Waals surface area contributed by atoms with Crippen molar-refractivity contribution in [2.45, 2.75) is 19.4 Å². The van der Waals surface area contributed by atoms with Crippen LogP contribution in [0.3, 0.4) is 0 Å². The third-order valence-corrected chi connectivity index (χ3v) is 2.98. The van der Waals surface area contributed by atoms with E-state index in [0.717, 1.165) is 0 Å². The fraction of sp³-hybridized carbons (Fsp3) is 0.333. The zero-order valence-electron chi connectivity index (χ0n) is 10.2. The maximum absolute atomic E-state index is 11.3. The molecule has 1 aromatic carbocycles. The molecule has 0 heterocycles. The molecule has 18 heavy (non-hydrogen) atoms. The Hall–Kier alpha value is -1.75. The number of carbonyl (C=O) groups is 2. The van der Waals surface area contributed by atoms with Gasteiger partial charge in [-0.05, 0) is 24.6 Å². The summed E-state index contributed by atoms with van der Waals surface area (Å²) in [4.78, 5) is 23.9. The van der Waals surface area contributed by atoms with Crippen molar-refractivity contribution < 1.29 is 14.7 Å². The number of primary amides is 1. The Labute approximate surface area is 110 Å². The van der Waals surface area contributed by atoms with E-state index in [9.17, 15) is 9.59 Å². The van der Waals surface area contributed by atoms with Crippen LogP contribution in [0.2, 0.25) is 5.02 Å². The molecular formula is C12H15ClN2O3. The van der Waals surface area contributed by atoms with Gasteiger partial charge in [-0.1, -0.05) is 18.5 Å². The topological polar surface area (TPSA) is 83.6 Å². The molecule has 5 nitrogen and oxygen atoms in total. The third-order valence-electron chi connectivity index (χ3n) is 2.74. The van der Waals surface area contributed by atoms with Crippen LogP contribution in [0.1, 0.15) is 23.7 Å². The molecule has 1 atom stereocenters. The number of amides is 1. The fourth-order valence-corrected chi connectivity index (χ4v) is 1.95. The van der Waals surface area contributed by atoms with Gasteiger partial charge in [0.15, 0.2) is 0 Å². The number of nitrogens with zero attached hydrogens (tertiary/aromatic N) is 1. The summed E-state index contributed by atoms with van der Waals surface area (Å²) in [5.74, 6) is -1.58. The van der Waals surface area contributed by atoms with Crippen molar-refractivity contribution in [3.63, 3.8) is 0 Å². The Kier molecular flexibility index (Phi) is 4.55. The molecule has 1 aromatic rings. The average Bonchev–Trinajstić information content (AvgIpc) is 2.28. The van der Waals surface area contributed by atoms with Crippen LogP contribution in [0, 0.1) is 0 Å². The normalized spacial score (nSPS) is 11.9. The van der Waals surface area contributed by atoms with Crippen LogP contribution in [0.15, 0.2) is 18.2 Å². The van der Waals surface area contributed by atoms with Crippen LogP contribution in [0.5, 0.6) is 0 Å². The molecule has 1 amide bonds. The Balaban J connectivity index is 3.25. The van der Waals surface area contributed by atoms with Gasteiger partial charge in [-0.2, -0.15) is 0 Å². The molecule has 0 bridgehead atoms. The number of aliphatic carboxylic acids is 1. The minimum absolute atomic E-state index is 0.251. The number of rotatable bonds is 5. The molecule has 1 unspecified atom stereocenters. The van der Waals surface area contributed by atoms with Gasteiger partial charge in [0, 0.05) is 12.1 Å².